The highest BCUT2D eigenvalue weighted by atomic mass is 127. The molecule has 0 saturated heterocycles. The van der Waals surface area contributed by atoms with Crippen molar-refractivity contribution in [1.29, 1.82) is 0 Å². The van der Waals surface area contributed by atoms with Gasteiger partial charge in [-0.3, -0.25) is 9.59 Å². The van der Waals surface area contributed by atoms with Crippen molar-refractivity contribution < 1.29 is 9.59 Å². The number of halogens is 1. The van der Waals surface area contributed by atoms with Crippen LogP contribution in [0.1, 0.15) is 6.92 Å². The maximum absolute atomic E-state index is 12.4. The van der Waals surface area contributed by atoms with Crippen molar-refractivity contribution in [3.8, 4) is 0 Å². The number of nitrogens with one attached hydrogen (secondary N) is 2. The molecule has 2 unspecified atom stereocenters. The number of rotatable bonds is 3. The van der Waals surface area contributed by atoms with Gasteiger partial charge in [0.1, 0.15) is 0 Å². The lowest BCUT2D eigenvalue weighted by Gasteiger charge is -2.27. The summed E-state index contributed by atoms with van der Waals surface area (Å²) in [6.07, 6.45) is 0. The van der Waals surface area contributed by atoms with Gasteiger partial charge in [0.25, 0.3) is 0 Å². The van der Waals surface area contributed by atoms with Crippen LogP contribution < -0.4 is 10.6 Å². The van der Waals surface area contributed by atoms with Gasteiger partial charge in [-0.05, 0) is 59.0 Å². The SMILES string of the molecule is CC(C(=O)Nc1ccc(I)cc1)C1Sc2ccccc2NC1=O. The van der Waals surface area contributed by atoms with E-state index in [1.807, 2.05) is 48.5 Å². The lowest BCUT2D eigenvalue weighted by molar-refractivity contribution is -0.123. The van der Waals surface area contributed by atoms with E-state index in [-0.39, 0.29) is 11.8 Å². The van der Waals surface area contributed by atoms with E-state index in [0.29, 0.717) is 0 Å². The summed E-state index contributed by atoms with van der Waals surface area (Å²) < 4.78 is 1.10. The van der Waals surface area contributed by atoms with Crippen molar-refractivity contribution in [3.63, 3.8) is 0 Å². The number of carbonyl (C=O) groups excluding carboxylic acids is 2. The summed E-state index contributed by atoms with van der Waals surface area (Å²) in [5.41, 5.74) is 1.55. The molecule has 0 fully saturated rings. The molecule has 2 N–H and O–H groups in total. The van der Waals surface area contributed by atoms with E-state index in [4.69, 9.17) is 0 Å². The molecule has 0 saturated carbocycles. The van der Waals surface area contributed by atoms with Crippen LogP contribution in [-0.4, -0.2) is 17.1 Å². The molecule has 2 atom stereocenters. The second-order valence-corrected chi connectivity index (χ2v) is 7.74. The molecule has 0 aliphatic carbocycles. The number of para-hydroxylation sites is 1. The number of hydrogen-bond donors (Lipinski definition) is 2. The Balaban J connectivity index is 1.72. The molecule has 0 bridgehead atoms. The zero-order chi connectivity index (χ0) is 16.4. The van der Waals surface area contributed by atoms with Crippen molar-refractivity contribution in [2.75, 3.05) is 10.6 Å². The smallest absolute Gasteiger partial charge is 0.238 e. The van der Waals surface area contributed by atoms with Gasteiger partial charge in [0.2, 0.25) is 11.8 Å². The summed E-state index contributed by atoms with van der Waals surface area (Å²) in [4.78, 5) is 25.7. The van der Waals surface area contributed by atoms with Gasteiger partial charge in [0.15, 0.2) is 0 Å². The summed E-state index contributed by atoms with van der Waals surface area (Å²) >= 11 is 3.65. The molecule has 2 aromatic rings. The normalized spacial score (nSPS) is 17.8. The van der Waals surface area contributed by atoms with Crippen LogP contribution in [0.15, 0.2) is 53.4 Å². The zero-order valence-electron chi connectivity index (χ0n) is 12.4. The standard InChI is InChI=1S/C17H15IN2O2S/c1-10(16(21)19-12-8-6-11(18)7-9-12)15-17(22)20-13-4-2-3-5-14(13)23-15/h2-10,15H,1H3,(H,19,21)(H,20,22). The quantitative estimate of drug-likeness (QED) is 0.713. The highest BCUT2D eigenvalue weighted by molar-refractivity contribution is 14.1. The monoisotopic (exact) mass is 438 g/mol. The van der Waals surface area contributed by atoms with Gasteiger partial charge >= 0.3 is 0 Å². The van der Waals surface area contributed by atoms with E-state index in [1.165, 1.54) is 11.8 Å². The number of fused-ring (bicyclic) bond motifs is 1. The minimum atomic E-state index is -0.437. The molecule has 23 heavy (non-hydrogen) atoms. The molecule has 1 aliphatic rings. The van der Waals surface area contributed by atoms with Crippen LogP contribution >= 0.6 is 34.4 Å². The number of benzene rings is 2. The first-order valence-corrected chi connectivity index (χ1v) is 9.13. The third-order valence-corrected chi connectivity index (χ3v) is 5.84. The molecule has 1 aliphatic heterocycles. The van der Waals surface area contributed by atoms with Crippen molar-refractivity contribution in [2.24, 2.45) is 5.92 Å². The van der Waals surface area contributed by atoms with Crippen molar-refractivity contribution in [1.82, 2.24) is 0 Å². The van der Waals surface area contributed by atoms with Crippen LogP contribution in [-0.2, 0) is 9.59 Å². The molecule has 3 rings (SSSR count). The van der Waals surface area contributed by atoms with Gasteiger partial charge in [0, 0.05) is 14.2 Å². The van der Waals surface area contributed by atoms with E-state index < -0.39 is 11.2 Å². The highest BCUT2D eigenvalue weighted by Gasteiger charge is 2.35. The molecule has 4 nitrogen and oxygen atoms in total. The van der Waals surface area contributed by atoms with Crippen LogP contribution in [0.25, 0.3) is 0 Å². The molecule has 6 heteroatoms. The maximum atomic E-state index is 12.4. The Hall–Kier alpha value is -1.54. The number of thioether (sulfide) groups is 1. The fraction of sp³-hybridized carbons (Fsp3) is 0.176. The molecule has 1 heterocycles. The van der Waals surface area contributed by atoms with Gasteiger partial charge < -0.3 is 10.6 Å². The number of anilines is 2. The van der Waals surface area contributed by atoms with E-state index in [2.05, 4.69) is 33.2 Å². The second-order valence-electron chi connectivity index (χ2n) is 5.31. The van der Waals surface area contributed by atoms with Crippen LogP contribution in [0.4, 0.5) is 11.4 Å². The Bertz CT molecular complexity index is 749. The third-order valence-electron chi connectivity index (χ3n) is 3.64. The van der Waals surface area contributed by atoms with Gasteiger partial charge in [-0.1, -0.05) is 19.1 Å². The fourth-order valence-corrected chi connectivity index (χ4v) is 3.85. The second kappa shape index (κ2) is 6.92. The van der Waals surface area contributed by atoms with E-state index in [1.54, 1.807) is 6.92 Å². The molecular weight excluding hydrogens is 423 g/mol. The van der Waals surface area contributed by atoms with E-state index >= 15 is 0 Å². The Labute approximate surface area is 152 Å². The Morgan fingerprint density at radius 1 is 1.22 bits per heavy atom. The average molecular weight is 438 g/mol. The third kappa shape index (κ3) is 3.69. The minimum Gasteiger partial charge on any atom is -0.326 e. The molecule has 2 amide bonds. The summed E-state index contributed by atoms with van der Waals surface area (Å²) in [6, 6.07) is 15.2. The number of carbonyl (C=O) groups is 2. The summed E-state index contributed by atoms with van der Waals surface area (Å²) in [6.45, 7) is 1.78. The van der Waals surface area contributed by atoms with E-state index in [9.17, 15) is 9.59 Å². The Morgan fingerprint density at radius 2 is 1.91 bits per heavy atom. The molecular formula is C17H15IN2O2S. The lowest BCUT2D eigenvalue weighted by atomic mass is 10.1. The first-order chi connectivity index (χ1) is 11.0. The fourth-order valence-electron chi connectivity index (χ4n) is 2.32. The minimum absolute atomic E-state index is 0.126. The summed E-state index contributed by atoms with van der Waals surface area (Å²) in [5.74, 6) is -0.718. The summed E-state index contributed by atoms with van der Waals surface area (Å²) in [7, 11) is 0. The van der Waals surface area contributed by atoms with Gasteiger partial charge in [-0.15, -0.1) is 11.8 Å². The lowest BCUT2D eigenvalue weighted by Crippen LogP contribution is -2.39. The van der Waals surface area contributed by atoms with Gasteiger partial charge in [-0.2, -0.15) is 0 Å². The average Bonchev–Trinajstić information content (AvgIpc) is 2.55. The maximum Gasteiger partial charge on any atom is 0.238 e. The van der Waals surface area contributed by atoms with Gasteiger partial charge in [-0.25, -0.2) is 0 Å². The van der Waals surface area contributed by atoms with Crippen molar-refractivity contribution in [3.05, 3.63) is 52.1 Å². The molecule has 118 valence electrons. The first kappa shape index (κ1) is 16.3. The largest absolute Gasteiger partial charge is 0.326 e. The molecule has 0 aromatic heterocycles. The molecule has 0 spiro atoms. The van der Waals surface area contributed by atoms with Crippen LogP contribution in [0, 0.1) is 9.49 Å². The van der Waals surface area contributed by atoms with Crippen molar-refractivity contribution >= 4 is 57.5 Å². The first-order valence-electron chi connectivity index (χ1n) is 7.17. The van der Waals surface area contributed by atoms with Crippen LogP contribution in [0.5, 0.6) is 0 Å². The van der Waals surface area contributed by atoms with Crippen molar-refractivity contribution in [2.45, 2.75) is 17.1 Å². The molecule has 0 radical (unpaired) electrons. The predicted octanol–water partition coefficient (Wildman–Crippen LogP) is 3.98. The number of hydrogen-bond acceptors (Lipinski definition) is 3. The Kier molecular flexibility index (Phi) is 4.91. The molecule has 2 aromatic carbocycles. The van der Waals surface area contributed by atoms with Gasteiger partial charge in [0.05, 0.1) is 16.9 Å². The Morgan fingerprint density at radius 3 is 2.65 bits per heavy atom. The topological polar surface area (TPSA) is 58.2 Å². The highest BCUT2D eigenvalue weighted by Crippen LogP contribution is 2.38. The van der Waals surface area contributed by atoms with E-state index in [0.717, 1.165) is 19.8 Å². The van der Waals surface area contributed by atoms with Crippen LogP contribution in [0.3, 0.4) is 0 Å². The zero-order valence-corrected chi connectivity index (χ0v) is 15.4. The predicted molar refractivity (Wildman–Crippen MR) is 102 cm³/mol. The van der Waals surface area contributed by atoms with Crippen LogP contribution in [0.2, 0.25) is 0 Å². The number of amides is 2. The summed E-state index contributed by atoms with van der Waals surface area (Å²) in [5, 5.41) is 5.32.